The van der Waals surface area contributed by atoms with Crippen LogP contribution in [0.25, 0.3) is 0 Å². The molecule has 0 bridgehead atoms. The highest BCUT2D eigenvalue weighted by Crippen LogP contribution is 2.46. The third kappa shape index (κ3) is 13.1. The molecule has 0 heterocycles. The zero-order valence-electron chi connectivity index (χ0n) is 25.5. The number of benzene rings is 2. The Bertz CT molecular complexity index is 1160. The molecule has 43 heavy (non-hydrogen) atoms. The van der Waals surface area contributed by atoms with Crippen LogP contribution in [0.4, 0.5) is 11.4 Å². The van der Waals surface area contributed by atoms with Crippen LogP contribution < -0.4 is 20.4 Å². The quantitative estimate of drug-likeness (QED) is 0.0778. The van der Waals surface area contributed by atoms with Crippen molar-refractivity contribution in [3.8, 4) is 0 Å². The van der Waals surface area contributed by atoms with E-state index in [1.165, 1.54) is 37.8 Å². The number of carbonyl (C=O) groups is 2. The maximum Gasteiger partial charge on any atom is 0.361 e. The van der Waals surface area contributed by atoms with E-state index < -0.39 is 15.2 Å². The van der Waals surface area contributed by atoms with Crippen molar-refractivity contribution >= 4 is 50.0 Å². The van der Waals surface area contributed by atoms with Crippen molar-refractivity contribution in [1.82, 2.24) is 0 Å². The zero-order valence-corrected chi connectivity index (χ0v) is 27.3. The zero-order chi connectivity index (χ0) is 31.6. The highest BCUT2D eigenvalue weighted by molar-refractivity contribution is 7.62. The Morgan fingerprint density at radius 3 is 1.21 bits per heavy atom. The van der Waals surface area contributed by atoms with Crippen molar-refractivity contribution in [2.45, 2.75) is 84.5 Å². The molecule has 0 saturated carbocycles. The maximum atomic E-state index is 12.9. The summed E-state index contributed by atoms with van der Waals surface area (Å²) >= 11 is 0. The number of anilines is 2. The van der Waals surface area contributed by atoms with Gasteiger partial charge >= 0.3 is 15.2 Å². The lowest BCUT2D eigenvalue weighted by Crippen LogP contribution is -2.23. The molecule has 2 aromatic rings. The Balaban J connectivity index is 1.54. The summed E-state index contributed by atoms with van der Waals surface area (Å²) in [5.41, 5.74) is 1.39. The Morgan fingerprint density at radius 1 is 0.581 bits per heavy atom. The van der Waals surface area contributed by atoms with Gasteiger partial charge in [-0.25, -0.2) is 0 Å². The van der Waals surface area contributed by atoms with E-state index in [-0.39, 0.29) is 18.5 Å². The molecule has 0 fully saturated rings. The molecular formula is C31H48N2O8P2. The summed E-state index contributed by atoms with van der Waals surface area (Å²) in [6, 6.07) is 12.8. The molecule has 2 rings (SSSR count). The number of rotatable bonds is 24. The van der Waals surface area contributed by atoms with Gasteiger partial charge in [0.1, 0.15) is 0 Å². The van der Waals surface area contributed by atoms with Crippen LogP contribution in [-0.4, -0.2) is 48.9 Å². The fourth-order valence-corrected chi connectivity index (χ4v) is 6.94. The molecule has 0 aromatic heterocycles. The minimum absolute atomic E-state index is 0.0546. The normalized spacial score (nSPS) is 11.8. The molecule has 0 unspecified atom stereocenters. The van der Waals surface area contributed by atoms with Crippen LogP contribution in [0.3, 0.4) is 0 Å². The Morgan fingerprint density at radius 2 is 0.907 bits per heavy atom. The lowest BCUT2D eigenvalue weighted by Gasteiger charge is -2.20. The fourth-order valence-electron chi connectivity index (χ4n) is 4.83. The van der Waals surface area contributed by atoms with Crippen molar-refractivity contribution in [3.05, 3.63) is 48.5 Å². The van der Waals surface area contributed by atoms with Gasteiger partial charge in [0.05, 0.1) is 23.8 Å². The van der Waals surface area contributed by atoms with Crippen molar-refractivity contribution in [1.29, 1.82) is 0 Å². The standard InChI is InChI=1S/C31H48N2O8P2/c1-3-40-43(39,41-4-2)31-22-18-29(19-23-31)33(27-35)25-15-13-11-9-7-5-6-8-10-12-14-24-32(26-34)28-16-20-30(21-17-28)42(36,37)38/h16-23,26-27H,3-15,24-25H2,1-2H3,(H2,36,37,38). The third-order valence-corrected chi connectivity index (χ3v) is 10.3. The highest BCUT2D eigenvalue weighted by Gasteiger charge is 2.26. The molecule has 12 heteroatoms. The third-order valence-electron chi connectivity index (χ3n) is 7.17. The lowest BCUT2D eigenvalue weighted by molar-refractivity contribution is -0.108. The van der Waals surface area contributed by atoms with Crippen LogP contribution in [0.15, 0.2) is 48.5 Å². The van der Waals surface area contributed by atoms with Gasteiger partial charge in [-0.15, -0.1) is 0 Å². The maximum absolute atomic E-state index is 12.9. The molecule has 0 radical (unpaired) electrons. The van der Waals surface area contributed by atoms with Gasteiger partial charge in [0.2, 0.25) is 12.8 Å². The van der Waals surface area contributed by atoms with E-state index in [0.717, 1.165) is 63.5 Å². The first-order valence-corrected chi connectivity index (χ1v) is 18.4. The second kappa shape index (κ2) is 19.9. The number of amides is 2. The predicted molar refractivity (Wildman–Crippen MR) is 173 cm³/mol. The van der Waals surface area contributed by atoms with E-state index in [4.69, 9.17) is 9.05 Å². The summed E-state index contributed by atoms with van der Waals surface area (Å²) < 4.78 is 35.0. The average molecular weight is 639 g/mol. The summed E-state index contributed by atoms with van der Waals surface area (Å²) in [4.78, 5) is 44.8. The molecule has 2 aromatic carbocycles. The van der Waals surface area contributed by atoms with Crippen molar-refractivity contribution in [2.24, 2.45) is 0 Å². The van der Waals surface area contributed by atoms with Crippen LogP contribution in [-0.2, 0) is 27.8 Å². The summed E-state index contributed by atoms with van der Waals surface area (Å²) in [5.74, 6) is 0. The molecule has 2 amide bonds. The molecule has 0 spiro atoms. The highest BCUT2D eigenvalue weighted by atomic mass is 31.2. The number of unbranched alkanes of at least 4 members (excludes halogenated alkanes) is 10. The first-order valence-electron chi connectivity index (χ1n) is 15.3. The first-order chi connectivity index (χ1) is 20.7. The number of carbonyl (C=O) groups excluding carboxylic acids is 2. The van der Waals surface area contributed by atoms with Gasteiger partial charge in [-0.1, -0.05) is 57.8 Å². The summed E-state index contributed by atoms with van der Waals surface area (Å²) in [6.45, 7) is 5.33. The van der Waals surface area contributed by atoms with Crippen molar-refractivity contribution in [3.63, 3.8) is 0 Å². The summed E-state index contributed by atoms with van der Waals surface area (Å²) in [6.07, 6.45) is 13.6. The largest absolute Gasteiger partial charge is 0.361 e. The molecule has 2 N–H and O–H groups in total. The van der Waals surface area contributed by atoms with Crippen LogP contribution in [0.2, 0.25) is 0 Å². The molecule has 0 aliphatic rings. The Kier molecular flexibility index (Phi) is 17.0. The molecule has 0 saturated heterocycles. The Hall–Kier alpha value is -2.32. The van der Waals surface area contributed by atoms with Gasteiger partial charge in [-0.3, -0.25) is 18.7 Å². The van der Waals surface area contributed by atoms with E-state index in [9.17, 15) is 28.5 Å². The molecule has 0 aliphatic carbocycles. The smallest absolute Gasteiger partial charge is 0.321 e. The van der Waals surface area contributed by atoms with E-state index in [1.54, 1.807) is 60.0 Å². The number of nitrogens with zero attached hydrogens (tertiary/aromatic N) is 2. The minimum Gasteiger partial charge on any atom is -0.321 e. The van der Waals surface area contributed by atoms with Gasteiger partial charge in [0.15, 0.2) is 0 Å². The van der Waals surface area contributed by atoms with Gasteiger partial charge in [0, 0.05) is 24.5 Å². The van der Waals surface area contributed by atoms with Crippen LogP contribution in [0.1, 0.15) is 84.5 Å². The topological polar surface area (TPSA) is 134 Å². The van der Waals surface area contributed by atoms with Crippen LogP contribution >= 0.6 is 15.2 Å². The van der Waals surface area contributed by atoms with Gasteiger partial charge in [0.25, 0.3) is 0 Å². The van der Waals surface area contributed by atoms with Gasteiger partial charge in [-0.05, 0) is 75.2 Å². The average Bonchev–Trinajstić information content (AvgIpc) is 2.99. The molecule has 0 aliphatic heterocycles. The lowest BCUT2D eigenvalue weighted by atomic mass is 10.1. The molecule has 0 atom stereocenters. The monoisotopic (exact) mass is 638 g/mol. The van der Waals surface area contributed by atoms with Crippen molar-refractivity contribution in [2.75, 3.05) is 36.1 Å². The molecule has 10 nitrogen and oxygen atoms in total. The fraction of sp³-hybridized carbons (Fsp3) is 0.548. The van der Waals surface area contributed by atoms with Crippen molar-refractivity contribution < 1.29 is 37.6 Å². The molecular weight excluding hydrogens is 590 g/mol. The van der Waals surface area contributed by atoms with E-state index in [2.05, 4.69) is 0 Å². The summed E-state index contributed by atoms with van der Waals surface area (Å²) in [7, 11) is -7.62. The second-order valence-corrected chi connectivity index (χ2v) is 14.0. The molecule has 240 valence electrons. The SMILES string of the molecule is CCOP(=O)(OCC)c1ccc(N(C=O)CCCCCCCCCCCCCN(C=O)c2ccc(P(=O)(O)O)cc2)cc1. The Labute approximate surface area is 256 Å². The first kappa shape index (κ1) is 36.9. The van der Waals surface area contributed by atoms with E-state index >= 15 is 0 Å². The number of hydrogen-bond donors (Lipinski definition) is 2. The predicted octanol–water partition coefficient (Wildman–Crippen LogP) is 6.30. The van der Waals surface area contributed by atoms with Gasteiger partial charge in [-0.2, -0.15) is 0 Å². The number of hydrogen-bond acceptors (Lipinski definition) is 6. The van der Waals surface area contributed by atoms with Crippen LogP contribution in [0, 0.1) is 0 Å². The second-order valence-electron chi connectivity index (χ2n) is 10.4. The summed E-state index contributed by atoms with van der Waals surface area (Å²) in [5, 5.41) is 0.433. The van der Waals surface area contributed by atoms with E-state index in [0.29, 0.717) is 24.1 Å². The van der Waals surface area contributed by atoms with E-state index in [1.807, 2.05) is 0 Å². The van der Waals surface area contributed by atoms with Gasteiger partial charge < -0.3 is 28.6 Å². The minimum atomic E-state index is -4.28. The van der Waals surface area contributed by atoms with Crippen LogP contribution in [0.5, 0.6) is 0 Å².